The monoisotopic (exact) mass is 492 g/mol. The first-order valence-electron chi connectivity index (χ1n) is 11.3. The van der Waals surface area contributed by atoms with Gasteiger partial charge in [-0.3, -0.25) is 0 Å². The second kappa shape index (κ2) is 9.65. The van der Waals surface area contributed by atoms with E-state index in [0.29, 0.717) is 55.6 Å². The van der Waals surface area contributed by atoms with Crippen molar-refractivity contribution in [2.24, 2.45) is 12.1 Å². The van der Waals surface area contributed by atoms with Crippen LogP contribution in [0, 0.1) is 17.1 Å². The Labute approximate surface area is 205 Å². The molecule has 2 aromatic heterocycles. The Bertz CT molecular complexity index is 1360. The van der Waals surface area contributed by atoms with Crippen molar-refractivity contribution >= 4 is 18.2 Å². The molecule has 2 aliphatic heterocycles. The quantitative estimate of drug-likeness (QED) is 0.549. The number of aromatic nitrogens is 5. The van der Waals surface area contributed by atoms with E-state index in [1.54, 1.807) is 36.5 Å². The van der Waals surface area contributed by atoms with E-state index in [1.807, 2.05) is 11.0 Å². The van der Waals surface area contributed by atoms with Gasteiger partial charge in [0.2, 0.25) is 5.95 Å². The molecule has 11 nitrogen and oxygen atoms in total. The van der Waals surface area contributed by atoms with Gasteiger partial charge in [-0.25, -0.2) is 38.2 Å². The summed E-state index contributed by atoms with van der Waals surface area (Å²) in [6, 6.07) is 6.94. The molecule has 13 heteroatoms. The first-order valence-corrected chi connectivity index (χ1v) is 11.3. The van der Waals surface area contributed by atoms with Gasteiger partial charge in [-0.15, -0.1) is 0 Å². The van der Waals surface area contributed by atoms with Crippen LogP contribution in [0.2, 0.25) is 0 Å². The molecule has 0 radical (unpaired) electrons. The molecule has 1 fully saturated rings. The Morgan fingerprint density at radius 2 is 2.00 bits per heavy atom. The molecule has 0 N–H and O–H groups in total. The third-order valence-electron chi connectivity index (χ3n) is 6.09. The first kappa shape index (κ1) is 23.3. The van der Waals surface area contributed by atoms with Crippen LogP contribution in [-0.4, -0.2) is 73.1 Å². The maximum absolute atomic E-state index is 14.0. The molecule has 1 saturated heterocycles. The molecule has 0 spiro atoms. The number of amides is 2. The lowest BCUT2D eigenvalue weighted by Gasteiger charge is -2.37. The number of hydrogen-bond acceptors (Lipinski definition) is 8. The highest BCUT2D eigenvalue weighted by molar-refractivity contribution is 5.79. The van der Waals surface area contributed by atoms with Crippen molar-refractivity contribution in [3.63, 3.8) is 0 Å². The minimum atomic E-state index is -0.762. The van der Waals surface area contributed by atoms with Crippen molar-refractivity contribution in [1.82, 2.24) is 34.6 Å². The molecule has 5 rings (SSSR count). The summed E-state index contributed by atoms with van der Waals surface area (Å²) in [4.78, 5) is 30.0. The normalized spacial score (nSPS) is 17.5. The van der Waals surface area contributed by atoms with Crippen LogP contribution in [-0.2, 0) is 13.7 Å². The number of benzene rings is 1. The fourth-order valence-electron chi connectivity index (χ4n) is 4.33. The number of aryl methyl sites for hydroxylation is 1. The predicted molar refractivity (Wildman–Crippen MR) is 125 cm³/mol. The second-order valence-corrected chi connectivity index (χ2v) is 8.39. The molecular weight excluding hydrogens is 470 g/mol. The summed E-state index contributed by atoms with van der Waals surface area (Å²) < 4.78 is 28.4. The van der Waals surface area contributed by atoms with Crippen LogP contribution in [0.1, 0.15) is 29.4 Å². The van der Waals surface area contributed by atoms with E-state index in [-0.39, 0.29) is 17.4 Å². The van der Waals surface area contributed by atoms with Crippen molar-refractivity contribution < 1.29 is 13.6 Å². The average molecular weight is 492 g/mol. The van der Waals surface area contributed by atoms with Gasteiger partial charge in [-0.2, -0.15) is 15.5 Å². The van der Waals surface area contributed by atoms with E-state index in [2.05, 4.69) is 25.2 Å². The van der Waals surface area contributed by atoms with Crippen LogP contribution in [0.5, 0.6) is 0 Å². The fraction of sp³-hybridized carbons (Fsp3) is 0.348. The van der Waals surface area contributed by atoms with Gasteiger partial charge < -0.3 is 9.80 Å². The van der Waals surface area contributed by atoms with Gasteiger partial charge in [0.1, 0.15) is 11.5 Å². The van der Waals surface area contributed by atoms with Gasteiger partial charge in [0.05, 0.1) is 17.7 Å². The number of halogens is 2. The largest absolute Gasteiger partial charge is 0.341 e. The molecule has 4 heterocycles. The van der Waals surface area contributed by atoms with Crippen molar-refractivity contribution in [3.8, 4) is 17.6 Å². The lowest BCUT2D eigenvalue weighted by atomic mass is 10.0. The zero-order chi connectivity index (χ0) is 25.2. The summed E-state index contributed by atoms with van der Waals surface area (Å²) in [7, 11) is 1.67. The Morgan fingerprint density at radius 1 is 1.19 bits per heavy atom. The topological polar surface area (TPSA) is 119 Å². The number of carbonyl (C=O) groups excluding carboxylic acids is 1. The smallest absolute Gasteiger partial charge is 0.337 e. The molecule has 36 heavy (non-hydrogen) atoms. The van der Waals surface area contributed by atoms with Crippen LogP contribution in [0.3, 0.4) is 0 Å². The molecule has 2 amide bonds. The average Bonchev–Trinajstić information content (AvgIpc) is 3.55. The molecule has 1 aromatic carbocycles. The molecule has 184 valence electrons. The van der Waals surface area contributed by atoms with Crippen LogP contribution >= 0.6 is 0 Å². The molecular formula is C23H22F2N10O. The van der Waals surface area contributed by atoms with Crippen LogP contribution in [0.15, 0.2) is 35.6 Å². The number of hydrogen-bond donors (Lipinski definition) is 0. The van der Waals surface area contributed by atoms with Gasteiger partial charge in [0.15, 0.2) is 18.3 Å². The van der Waals surface area contributed by atoms with E-state index >= 15 is 0 Å². The lowest BCUT2D eigenvalue weighted by Crippen LogP contribution is -2.52. The zero-order valence-corrected chi connectivity index (χ0v) is 19.4. The number of hydrazone groups is 1. The number of piperazine rings is 1. The summed E-state index contributed by atoms with van der Waals surface area (Å²) >= 11 is 0. The van der Waals surface area contributed by atoms with Gasteiger partial charge in [-0.1, -0.05) is 0 Å². The molecule has 0 saturated carbocycles. The van der Waals surface area contributed by atoms with Gasteiger partial charge in [0, 0.05) is 52.1 Å². The standard InChI is InChI=1S/C23H22F2N10O/c1-32-21(30-20(13-24)31-32)18-2-4-27-22(29-18)33-6-8-34(9-7-33)23(36)35-19(3-5-28-35)16-10-15(14-26)11-17(25)12-16/h2,4-5,10-12,19H,3,6-9,13H2,1H3. The number of alkyl halides is 1. The van der Waals surface area contributed by atoms with Crippen molar-refractivity contribution in [3.05, 3.63) is 53.2 Å². The maximum atomic E-state index is 14.0. The number of carbonyl (C=O) groups is 1. The highest BCUT2D eigenvalue weighted by atomic mass is 19.1. The summed E-state index contributed by atoms with van der Waals surface area (Å²) in [5.74, 6) is 0.478. The predicted octanol–water partition coefficient (Wildman–Crippen LogP) is 2.43. The van der Waals surface area contributed by atoms with E-state index in [4.69, 9.17) is 5.26 Å². The lowest BCUT2D eigenvalue weighted by molar-refractivity contribution is 0.139. The summed E-state index contributed by atoms with van der Waals surface area (Å²) in [5, 5.41) is 18.7. The van der Waals surface area contributed by atoms with E-state index in [9.17, 15) is 13.6 Å². The van der Waals surface area contributed by atoms with Crippen LogP contribution in [0.25, 0.3) is 11.5 Å². The number of nitriles is 1. The Balaban J connectivity index is 1.26. The summed E-state index contributed by atoms with van der Waals surface area (Å²) in [6.45, 7) is 1.04. The van der Waals surface area contributed by atoms with Crippen LogP contribution < -0.4 is 4.90 Å². The molecule has 3 aromatic rings. The van der Waals surface area contributed by atoms with Crippen molar-refractivity contribution in [2.75, 3.05) is 31.1 Å². The Hall–Kier alpha value is -4.47. The number of anilines is 1. The Morgan fingerprint density at radius 3 is 2.72 bits per heavy atom. The third-order valence-corrected chi connectivity index (χ3v) is 6.09. The first-order chi connectivity index (χ1) is 17.5. The van der Waals surface area contributed by atoms with Gasteiger partial charge in [0.25, 0.3) is 0 Å². The highest BCUT2D eigenvalue weighted by Crippen LogP contribution is 2.30. The maximum Gasteiger partial charge on any atom is 0.341 e. The molecule has 2 aliphatic rings. The third kappa shape index (κ3) is 4.45. The summed E-state index contributed by atoms with van der Waals surface area (Å²) in [6.07, 6.45) is 3.67. The van der Waals surface area contributed by atoms with Crippen LogP contribution in [0.4, 0.5) is 19.5 Å². The summed E-state index contributed by atoms with van der Waals surface area (Å²) in [5.41, 5.74) is 1.25. The highest BCUT2D eigenvalue weighted by Gasteiger charge is 2.34. The van der Waals surface area contributed by atoms with E-state index in [0.717, 1.165) is 6.07 Å². The van der Waals surface area contributed by atoms with E-state index < -0.39 is 18.5 Å². The zero-order valence-electron chi connectivity index (χ0n) is 19.4. The minimum absolute atomic E-state index is 0.0877. The molecule has 0 aliphatic carbocycles. The van der Waals surface area contributed by atoms with Gasteiger partial charge in [-0.05, 0) is 29.8 Å². The Kier molecular flexibility index (Phi) is 6.24. The van der Waals surface area contributed by atoms with E-state index in [1.165, 1.54) is 15.8 Å². The molecule has 1 atom stereocenters. The van der Waals surface area contributed by atoms with Gasteiger partial charge >= 0.3 is 6.03 Å². The minimum Gasteiger partial charge on any atom is -0.337 e. The number of nitrogens with zero attached hydrogens (tertiary/aromatic N) is 10. The fourth-order valence-corrected chi connectivity index (χ4v) is 4.33. The van der Waals surface area contributed by atoms with Crippen molar-refractivity contribution in [2.45, 2.75) is 19.1 Å². The molecule has 0 bridgehead atoms. The number of rotatable bonds is 4. The molecule has 1 unspecified atom stereocenters. The SMILES string of the molecule is Cn1nc(CF)nc1-c1ccnc(N2CCN(C(=O)N3N=CCC3c3cc(F)cc(C#N)c3)CC2)n1. The number of urea groups is 1. The second-order valence-electron chi connectivity index (χ2n) is 8.39. The van der Waals surface area contributed by atoms with Crippen molar-refractivity contribution in [1.29, 1.82) is 5.26 Å².